The van der Waals surface area contributed by atoms with Crippen molar-refractivity contribution in [2.45, 2.75) is 214 Å². The van der Waals surface area contributed by atoms with Crippen LogP contribution < -0.4 is 0 Å². The lowest BCUT2D eigenvalue weighted by molar-refractivity contribution is -0.0643. The van der Waals surface area contributed by atoms with Crippen LogP contribution in [-0.4, -0.2) is 76.4 Å². The molecule has 3 saturated carbocycles. The second kappa shape index (κ2) is 29.5. The number of ether oxygens (including phenoxy) is 4. The molecule has 0 aromatic heterocycles. The predicted octanol–water partition coefficient (Wildman–Crippen LogP) is 14.7. The van der Waals surface area contributed by atoms with Crippen molar-refractivity contribution in [1.29, 1.82) is 0 Å². The summed E-state index contributed by atoms with van der Waals surface area (Å²) in [4.78, 5) is 2.59. The van der Waals surface area contributed by atoms with E-state index in [0.29, 0.717) is 44.6 Å². The molecule has 1 saturated heterocycles. The van der Waals surface area contributed by atoms with Crippen LogP contribution in [0.5, 0.6) is 0 Å². The Morgan fingerprint density at radius 2 is 1.41 bits per heavy atom. The smallest absolute Gasteiger partial charge is 0.0936 e. The van der Waals surface area contributed by atoms with Crippen molar-refractivity contribution in [3.05, 3.63) is 36.0 Å². The highest BCUT2D eigenvalue weighted by molar-refractivity contribution is 5.19. The number of unbranched alkanes of at least 4 members (excludes halogenated alkanes) is 10. The molecule has 0 aromatic carbocycles. The summed E-state index contributed by atoms with van der Waals surface area (Å²) in [6.07, 6.45) is 47.4. The van der Waals surface area contributed by atoms with E-state index in [9.17, 15) is 0 Å². The van der Waals surface area contributed by atoms with E-state index in [1.54, 1.807) is 5.57 Å². The molecule has 5 rings (SSSR count). The zero-order chi connectivity index (χ0) is 43.0. The van der Waals surface area contributed by atoms with Crippen LogP contribution in [0.3, 0.4) is 0 Å². The van der Waals surface area contributed by atoms with Gasteiger partial charge >= 0.3 is 0 Å². The van der Waals surface area contributed by atoms with Crippen LogP contribution in [-0.2, 0) is 18.9 Å². The minimum absolute atomic E-state index is 0.105. The van der Waals surface area contributed by atoms with Crippen molar-refractivity contribution in [2.24, 2.45) is 46.8 Å². The Morgan fingerprint density at radius 1 is 0.689 bits per heavy atom. The molecule has 4 fully saturated rings. The van der Waals surface area contributed by atoms with Crippen LogP contribution in [0.4, 0.5) is 0 Å². The molecule has 8 atom stereocenters. The number of piperidine rings is 1. The molecule has 1 aliphatic heterocycles. The van der Waals surface area contributed by atoms with E-state index < -0.39 is 0 Å². The first-order valence-corrected chi connectivity index (χ1v) is 26.9. The first-order valence-electron chi connectivity index (χ1n) is 26.9. The minimum Gasteiger partial charge on any atom is -0.379 e. The molecule has 1 heterocycles. The number of nitrogens with zero attached hydrogens (tertiary/aromatic N) is 1. The van der Waals surface area contributed by atoms with E-state index in [-0.39, 0.29) is 6.10 Å². The van der Waals surface area contributed by atoms with Gasteiger partial charge in [0.1, 0.15) is 0 Å². The summed E-state index contributed by atoms with van der Waals surface area (Å²) in [6.45, 7) is 19.3. The van der Waals surface area contributed by atoms with Crippen molar-refractivity contribution in [3.63, 3.8) is 0 Å². The van der Waals surface area contributed by atoms with Gasteiger partial charge < -0.3 is 23.8 Å². The van der Waals surface area contributed by atoms with Gasteiger partial charge in [0, 0.05) is 13.2 Å². The Balaban J connectivity index is 0.893. The maximum absolute atomic E-state index is 6.47. The summed E-state index contributed by atoms with van der Waals surface area (Å²) in [5.74, 6) is 6.73. The molecule has 61 heavy (non-hydrogen) atoms. The van der Waals surface area contributed by atoms with Crippen LogP contribution in [0.2, 0.25) is 0 Å². The Bertz CT molecular complexity index is 1210. The number of rotatable bonds is 32. The number of hydrogen-bond donors (Lipinski definition) is 0. The first kappa shape index (κ1) is 51.0. The van der Waals surface area contributed by atoms with Crippen molar-refractivity contribution >= 4 is 0 Å². The molecule has 5 heteroatoms. The molecule has 5 nitrogen and oxygen atoms in total. The van der Waals surface area contributed by atoms with Crippen LogP contribution in [0.25, 0.3) is 0 Å². The van der Waals surface area contributed by atoms with E-state index in [2.05, 4.69) is 69.9 Å². The van der Waals surface area contributed by atoms with Gasteiger partial charge in [-0.05, 0) is 163 Å². The summed E-state index contributed by atoms with van der Waals surface area (Å²) >= 11 is 0. The largest absolute Gasteiger partial charge is 0.379 e. The van der Waals surface area contributed by atoms with Gasteiger partial charge in [0.2, 0.25) is 0 Å². The predicted molar refractivity (Wildman–Crippen MR) is 259 cm³/mol. The summed E-state index contributed by atoms with van der Waals surface area (Å²) in [5, 5.41) is 0. The van der Waals surface area contributed by atoms with Crippen molar-refractivity contribution in [3.8, 4) is 0 Å². The Labute approximate surface area is 378 Å². The van der Waals surface area contributed by atoms with Crippen molar-refractivity contribution < 1.29 is 18.9 Å². The third-order valence-electron chi connectivity index (χ3n) is 16.1. The Morgan fingerprint density at radius 3 is 2.20 bits per heavy atom. The maximum atomic E-state index is 6.47. The molecule has 0 N–H and O–H groups in total. The number of hydrogen-bond acceptors (Lipinski definition) is 5. The highest BCUT2D eigenvalue weighted by atomic mass is 16.6. The van der Waals surface area contributed by atoms with Crippen LogP contribution in [0.1, 0.15) is 202 Å². The van der Waals surface area contributed by atoms with Gasteiger partial charge in [-0.1, -0.05) is 135 Å². The monoisotopic (exact) mass is 850 g/mol. The van der Waals surface area contributed by atoms with Crippen LogP contribution >= 0.6 is 0 Å². The summed E-state index contributed by atoms with van der Waals surface area (Å²) in [6, 6.07) is 0. The molecule has 352 valence electrons. The SMILES string of the molecule is CCCCCC=CCC=CCCCCCCCCOCC(CN1CCC(C)(C)CC1)OCCOCCO[C@H]1CCC2C(=CCC3C2CCC2C3CC[C@@H]2CCCCC(C)C)C1. The third-order valence-corrected chi connectivity index (χ3v) is 16.1. The van der Waals surface area contributed by atoms with Gasteiger partial charge in [-0.25, -0.2) is 0 Å². The number of likely N-dealkylation sites (tertiary alicyclic amines) is 1. The highest BCUT2D eigenvalue weighted by Crippen LogP contribution is 2.58. The standard InChI is InChI=1S/C56H99NO4/c1-6-7-8-9-10-11-12-13-14-15-16-17-18-19-20-23-38-59-45-50(44-57-36-34-56(4,5)35-37-57)61-42-40-58-39-41-60-49-28-31-52-48(43-49)27-30-55-53-29-26-47(25-22-21-24-46(2)3)51(53)32-33-54(52)55/h10-11,13-14,27,46-47,49-55H,6-9,12,15-26,28-45H2,1-5H3/t47-,49-,50?,51?,52?,53?,54?,55?/m0/s1. The lowest BCUT2D eigenvalue weighted by Gasteiger charge is -2.50. The van der Waals surface area contributed by atoms with E-state index in [1.165, 1.54) is 148 Å². The summed E-state index contributed by atoms with van der Waals surface area (Å²) in [5.41, 5.74) is 2.21. The van der Waals surface area contributed by atoms with E-state index in [1.807, 2.05) is 0 Å². The lowest BCUT2D eigenvalue weighted by atomic mass is 9.56. The molecular formula is C56H99NO4. The first-order chi connectivity index (χ1) is 29.8. The third kappa shape index (κ3) is 19.2. The molecule has 0 radical (unpaired) electrons. The van der Waals surface area contributed by atoms with E-state index in [4.69, 9.17) is 18.9 Å². The van der Waals surface area contributed by atoms with Crippen LogP contribution in [0, 0.1) is 46.8 Å². The molecular weight excluding hydrogens is 751 g/mol. The minimum atomic E-state index is 0.105. The highest BCUT2D eigenvalue weighted by Gasteiger charge is 2.49. The molecule has 4 aliphatic carbocycles. The van der Waals surface area contributed by atoms with Gasteiger partial charge in [0.05, 0.1) is 45.2 Å². The second-order valence-electron chi connectivity index (χ2n) is 21.9. The fraction of sp³-hybridized carbons (Fsp3) is 0.893. The normalized spacial score (nSPS) is 28.4. The molecule has 0 amide bonds. The van der Waals surface area contributed by atoms with E-state index >= 15 is 0 Å². The average Bonchev–Trinajstić information content (AvgIpc) is 3.68. The van der Waals surface area contributed by atoms with Crippen LogP contribution in [0.15, 0.2) is 36.0 Å². The molecule has 0 aromatic rings. The molecule has 5 aliphatic rings. The molecule has 0 spiro atoms. The van der Waals surface area contributed by atoms with Crippen molar-refractivity contribution in [2.75, 3.05) is 59.3 Å². The second-order valence-corrected chi connectivity index (χ2v) is 21.9. The Kier molecular flexibility index (Phi) is 24.7. The topological polar surface area (TPSA) is 40.2 Å². The fourth-order valence-electron chi connectivity index (χ4n) is 12.3. The summed E-state index contributed by atoms with van der Waals surface area (Å²) in [7, 11) is 0. The summed E-state index contributed by atoms with van der Waals surface area (Å²) < 4.78 is 25.2. The quantitative estimate of drug-likeness (QED) is 0.0498. The van der Waals surface area contributed by atoms with Gasteiger partial charge in [0.25, 0.3) is 0 Å². The fourth-order valence-corrected chi connectivity index (χ4v) is 12.3. The average molecular weight is 850 g/mol. The maximum Gasteiger partial charge on any atom is 0.0936 e. The number of allylic oxidation sites excluding steroid dienone is 5. The zero-order valence-corrected chi connectivity index (χ0v) is 40.9. The Hall–Kier alpha value is -0.980. The van der Waals surface area contributed by atoms with Gasteiger partial charge in [-0.3, -0.25) is 0 Å². The van der Waals surface area contributed by atoms with Gasteiger partial charge in [-0.2, -0.15) is 0 Å². The zero-order valence-electron chi connectivity index (χ0n) is 40.9. The lowest BCUT2D eigenvalue weighted by Crippen LogP contribution is -2.43. The van der Waals surface area contributed by atoms with Gasteiger partial charge in [-0.15, -0.1) is 0 Å². The van der Waals surface area contributed by atoms with Crippen molar-refractivity contribution in [1.82, 2.24) is 4.90 Å². The van der Waals surface area contributed by atoms with Gasteiger partial charge in [0.15, 0.2) is 0 Å². The molecule has 0 bridgehead atoms. The van der Waals surface area contributed by atoms with E-state index in [0.717, 1.165) is 86.9 Å². The molecule has 6 unspecified atom stereocenters. The number of fused-ring (bicyclic) bond motifs is 5.